The van der Waals surface area contributed by atoms with Crippen molar-refractivity contribution in [2.24, 2.45) is 0 Å². The molecule has 2 heterocycles. The van der Waals surface area contributed by atoms with Crippen molar-refractivity contribution in [1.82, 2.24) is 15.2 Å². The van der Waals surface area contributed by atoms with E-state index in [2.05, 4.69) is 22.2 Å². The fourth-order valence-corrected chi connectivity index (χ4v) is 2.33. The zero-order valence-corrected chi connectivity index (χ0v) is 10.4. The summed E-state index contributed by atoms with van der Waals surface area (Å²) in [6.45, 7) is 2.76. The van der Waals surface area contributed by atoms with Crippen LogP contribution in [0.25, 0.3) is 10.9 Å². The molecule has 94 valence electrons. The zero-order valence-electron chi connectivity index (χ0n) is 10.4. The fourth-order valence-electron chi connectivity index (χ4n) is 2.33. The van der Waals surface area contributed by atoms with Crippen LogP contribution in [-0.4, -0.2) is 36.1 Å². The molecule has 1 aliphatic rings. The van der Waals surface area contributed by atoms with Crippen LogP contribution < -0.4 is 5.32 Å². The summed E-state index contributed by atoms with van der Waals surface area (Å²) in [6, 6.07) is 7.42. The van der Waals surface area contributed by atoms with Gasteiger partial charge in [0.2, 0.25) is 0 Å². The van der Waals surface area contributed by atoms with Gasteiger partial charge in [-0.1, -0.05) is 6.07 Å². The first kappa shape index (κ1) is 11.6. The lowest BCUT2D eigenvalue weighted by molar-refractivity contribution is 0.173. The third-order valence-corrected chi connectivity index (χ3v) is 3.55. The Hall–Kier alpha value is -1.52. The maximum atomic E-state index is 13.6. The minimum atomic E-state index is -0.189. The molecule has 18 heavy (non-hydrogen) atoms. The number of halogens is 1. The number of hydrogen-bond acceptors (Lipinski definition) is 3. The molecule has 0 radical (unpaired) electrons. The molecule has 0 amide bonds. The predicted octanol–water partition coefficient (Wildman–Crippen LogP) is 1.78. The minimum absolute atomic E-state index is 0.189. The van der Waals surface area contributed by atoms with E-state index in [-0.39, 0.29) is 5.82 Å². The summed E-state index contributed by atoms with van der Waals surface area (Å²) in [7, 11) is 2.07. The Balaban J connectivity index is 1.94. The third kappa shape index (κ3) is 2.09. The van der Waals surface area contributed by atoms with Crippen LogP contribution in [0.1, 0.15) is 5.56 Å². The summed E-state index contributed by atoms with van der Waals surface area (Å²) in [5.74, 6) is -0.189. The lowest BCUT2D eigenvalue weighted by atomic mass is 10.1. The van der Waals surface area contributed by atoms with E-state index in [1.807, 2.05) is 12.1 Å². The maximum absolute atomic E-state index is 13.6. The first-order valence-corrected chi connectivity index (χ1v) is 6.18. The van der Waals surface area contributed by atoms with Crippen LogP contribution in [0.2, 0.25) is 0 Å². The summed E-state index contributed by atoms with van der Waals surface area (Å²) in [4.78, 5) is 6.62. The molecule has 4 heteroatoms. The van der Waals surface area contributed by atoms with Gasteiger partial charge in [-0.2, -0.15) is 0 Å². The van der Waals surface area contributed by atoms with Crippen LogP contribution in [0.4, 0.5) is 4.39 Å². The smallest absolute Gasteiger partial charge is 0.124 e. The molecule has 1 saturated heterocycles. The van der Waals surface area contributed by atoms with Gasteiger partial charge >= 0.3 is 0 Å². The van der Waals surface area contributed by atoms with Gasteiger partial charge in [-0.05, 0) is 30.8 Å². The topological polar surface area (TPSA) is 28.2 Å². The average Bonchev–Trinajstić information content (AvgIpc) is 2.26. The Morgan fingerprint density at radius 3 is 3.00 bits per heavy atom. The SMILES string of the molecule is CN(Cc1cc(F)cc2cccnc12)C1CNC1. The molecule has 1 aliphatic heterocycles. The normalized spacial score (nSPS) is 16.2. The van der Waals surface area contributed by atoms with Gasteiger partial charge in [0, 0.05) is 37.3 Å². The molecule has 0 atom stereocenters. The second kappa shape index (κ2) is 4.63. The molecule has 3 nitrogen and oxygen atoms in total. The van der Waals surface area contributed by atoms with E-state index in [9.17, 15) is 4.39 Å². The highest BCUT2D eigenvalue weighted by Crippen LogP contribution is 2.20. The van der Waals surface area contributed by atoms with Crippen molar-refractivity contribution in [3.63, 3.8) is 0 Å². The molecule has 3 rings (SSSR count). The number of nitrogens with one attached hydrogen (secondary N) is 1. The fraction of sp³-hybridized carbons (Fsp3) is 0.357. The number of likely N-dealkylation sites (N-methyl/N-ethyl adjacent to an activating group) is 1. The van der Waals surface area contributed by atoms with Gasteiger partial charge in [0.15, 0.2) is 0 Å². The van der Waals surface area contributed by atoms with Crippen LogP contribution >= 0.6 is 0 Å². The average molecular weight is 245 g/mol. The standard InChI is InChI=1S/C14H16FN3/c1-18(13-7-16-8-13)9-11-6-12(15)5-10-3-2-4-17-14(10)11/h2-6,13,16H,7-9H2,1H3. The van der Waals surface area contributed by atoms with Crippen molar-refractivity contribution in [3.05, 3.63) is 41.8 Å². The second-order valence-electron chi connectivity index (χ2n) is 4.87. The molecule has 0 spiro atoms. The Labute approximate surface area is 106 Å². The van der Waals surface area contributed by atoms with Crippen molar-refractivity contribution < 1.29 is 4.39 Å². The van der Waals surface area contributed by atoms with Crippen molar-refractivity contribution in [2.45, 2.75) is 12.6 Å². The Morgan fingerprint density at radius 2 is 2.28 bits per heavy atom. The molecule has 0 aliphatic carbocycles. The van der Waals surface area contributed by atoms with Gasteiger partial charge in [-0.3, -0.25) is 9.88 Å². The van der Waals surface area contributed by atoms with Gasteiger partial charge in [0.05, 0.1) is 5.52 Å². The summed E-state index contributed by atoms with van der Waals surface area (Å²) in [6.07, 6.45) is 1.76. The summed E-state index contributed by atoms with van der Waals surface area (Å²) < 4.78 is 13.6. The molecule has 2 aromatic rings. The van der Waals surface area contributed by atoms with E-state index >= 15 is 0 Å². The van der Waals surface area contributed by atoms with Crippen molar-refractivity contribution >= 4 is 10.9 Å². The summed E-state index contributed by atoms with van der Waals surface area (Å²) in [5, 5.41) is 4.11. The quantitative estimate of drug-likeness (QED) is 0.893. The third-order valence-electron chi connectivity index (χ3n) is 3.55. The number of rotatable bonds is 3. The zero-order chi connectivity index (χ0) is 12.5. The molecular formula is C14H16FN3. The van der Waals surface area contributed by atoms with E-state index in [1.165, 1.54) is 6.07 Å². The molecule has 1 N–H and O–H groups in total. The largest absolute Gasteiger partial charge is 0.314 e. The van der Waals surface area contributed by atoms with Crippen LogP contribution in [-0.2, 0) is 6.54 Å². The molecule has 0 unspecified atom stereocenters. The first-order valence-electron chi connectivity index (χ1n) is 6.18. The number of hydrogen-bond donors (Lipinski definition) is 1. The lowest BCUT2D eigenvalue weighted by Crippen LogP contribution is -2.55. The van der Waals surface area contributed by atoms with Crippen molar-refractivity contribution in [1.29, 1.82) is 0 Å². The highest BCUT2D eigenvalue weighted by Gasteiger charge is 2.22. The van der Waals surface area contributed by atoms with E-state index in [0.29, 0.717) is 6.04 Å². The number of nitrogens with zero attached hydrogens (tertiary/aromatic N) is 2. The monoisotopic (exact) mass is 245 g/mol. The summed E-state index contributed by atoms with van der Waals surface area (Å²) in [5.41, 5.74) is 1.86. The molecule has 0 saturated carbocycles. The van der Waals surface area contributed by atoms with Gasteiger partial charge in [-0.15, -0.1) is 0 Å². The number of fused-ring (bicyclic) bond motifs is 1. The van der Waals surface area contributed by atoms with Crippen molar-refractivity contribution in [2.75, 3.05) is 20.1 Å². The number of benzene rings is 1. The highest BCUT2D eigenvalue weighted by molar-refractivity contribution is 5.81. The van der Waals surface area contributed by atoms with E-state index in [4.69, 9.17) is 0 Å². The van der Waals surface area contributed by atoms with Crippen LogP contribution in [0.15, 0.2) is 30.5 Å². The maximum Gasteiger partial charge on any atom is 0.124 e. The van der Waals surface area contributed by atoms with Gasteiger partial charge < -0.3 is 5.32 Å². The summed E-state index contributed by atoms with van der Waals surface area (Å²) >= 11 is 0. The number of aromatic nitrogens is 1. The van der Waals surface area contributed by atoms with Crippen LogP contribution in [0.3, 0.4) is 0 Å². The second-order valence-corrected chi connectivity index (χ2v) is 4.87. The lowest BCUT2D eigenvalue weighted by Gasteiger charge is -2.35. The molecular weight excluding hydrogens is 229 g/mol. The van der Waals surface area contributed by atoms with Crippen LogP contribution in [0.5, 0.6) is 0 Å². The number of pyridine rings is 1. The van der Waals surface area contributed by atoms with E-state index in [1.54, 1.807) is 12.3 Å². The molecule has 1 fully saturated rings. The van der Waals surface area contributed by atoms with Crippen molar-refractivity contribution in [3.8, 4) is 0 Å². The highest BCUT2D eigenvalue weighted by atomic mass is 19.1. The van der Waals surface area contributed by atoms with E-state index < -0.39 is 0 Å². The predicted molar refractivity (Wildman–Crippen MR) is 69.8 cm³/mol. The van der Waals surface area contributed by atoms with Crippen LogP contribution in [0, 0.1) is 5.82 Å². The van der Waals surface area contributed by atoms with Gasteiger partial charge in [0.1, 0.15) is 5.82 Å². The van der Waals surface area contributed by atoms with Gasteiger partial charge in [0.25, 0.3) is 0 Å². The molecule has 0 bridgehead atoms. The Kier molecular flexibility index (Phi) is 2.97. The Bertz CT molecular complexity index is 566. The Morgan fingerprint density at radius 1 is 1.44 bits per heavy atom. The first-order chi connectivity index (χ1) is 8.74. The van der Waals surface area contributed by atoms with E-state index in [0.717, 1.165) is 36.1 Å². The molecule has 1 aromatic carbocycles. The van der Waals surface area contributed by atoms with Gasteiger partial charge in [-0.25, -0.2) is 4.39 Å². The molecule has 1 aromatic heterocycles. The minimum Gasteiger partial charge on any atom is -0.314 e.